The fourth-order valence-corrected chi connectivity index (χ4v) is 2.97. The van der Waals surface area contributed by atoms with Crippen molar-refractivity contribution >= 4 is 27.6 Å². The fourth-order valence-electron chi connectivity index (χ4n) is 2.49. The molecule has 0 saturated heterocycles. The van der Waals surface area contributed by atoms with E-state index in [4.69, 9.17) is 0 Å². The molecule has 4 nitrogen and oxygen atoms in total. The zero-order valence-corrected chi connectivity index (χ0v) is 12.7. The molecule has 0 aliphatic heterocycles. The number of aromatic nitrogens is 2. The molecular weight excluding hydrogens is 292 g/mol. The second kappa shape index (κ2) is 5.87. The van der Waals surface area contributed by atoms with Crippen LogP contribution in [-0.2, 0) is 0 Å². The van der Waals surface area contributed by atoms with Crippen molar-refractivity contribution in [3.8, 4) is 0 Å². The van der Waals surface area contributed by atoms with Gasteiger partial charge in [0.25, 0.3) is 0 Å². The predicted octanol–water partition coefficient (Wildman–Crippen LogP) is 3.66. The number of halogens is 1. The Balaban J connectivity index is 2.02. The van der Waals surface area contributed by atoms with E-state index in [9.17, 15) is 0 Å². The Morgan fingerprint density at radius 1 is 1.22 bits per heavy atom. The Bertz CT molecular complexity index is 402. The van der Waals surface area contributed by atoms with Gasteiger partial charge in [-0.1, -0.05) is 19.8 Å². The Morgan fingerprint density at radius 2 is 1.83 bits per heavy atom. The summed E-state index contributed by atoms with van der Waals surface area (Å²) in [7, 11) is 0. The van der Waals surface area contributed by atoms with Crippen LogP contribution < -0.4 is 10.6 Å². The van der Waals surface area contributed by atoms with Crippen LogP contribution in [0.4, 0.5) is 11.6 Å². The Kier molecular flexibility index (Phi) is 4.43. The molecule has 2 rings (SSSR count). The average molecular weight is 313 g/mol. The quantitative estimate of drug-likeness (QED) is 0.871. The van der Waals surface area contributed by atoms with E-state index in [1.54, 1.807) is 6.33 Å². The van der Waals surface area contributed by atoms with Gasteiger partial charge in [0.2, 0.25) is 0 Å². The zero-order valence-electron chi connectivity index (χ0n) is 11.1. The number of hydrogen-bond acceptors (Lipinski definition) is 4. The largest absolute Gasteiger partial charge is 0.369 e. The highest BCUT2D eigenvalue weighted by atomic mass is 79.9. The molecule has 0 atom stereocenters. The first-order chi connectivity index (χ1) is 8.64. The van der Waals surface area contributed by atoms with Crippen LogP contribution in [0.25, 0.3) is 0 Å². The smallest absolute Gasteiger partial charge is 0.145 e. The van der Waals surface area contributed by atoms with E-state index in [1.807, 2.05) is 0 Å². The molecule has 1 aliphatic rings. The van der Waals surface area contributed by atoms with Gasteiger partial charge < -0.3 is 10.6 Å². The Hall–Kier alpha value is -0.840. The molecule has 1 aromatic heterocycles. The SMILES string of the molecule is CCNc1ncnc(NCC2(C)CCCC2)c1Br. The van der Waals surface area contributed by atoms with Crippen molar-refractivity contribution in [1.82, 2.24) is 9.97 Å². The van der Waals surface area contributed by atoms with E-state index in [1.165, 1.54) is 25.7 Å². The van der Waals surface area contributed by atoms with Gasteiger partial charge in [-0.05, 0) is 41.1 Å². The van der Waals surface area contributed by atoms with E-state index in [2.05, 4.69) is 50.4 Å². The maximum atomic E-state index is 4.30. The van der Waals surface area contributed by atoms with Gasteiger partial charge in [-0.2, -0.15) is 0 Å². The third kappa shape index (κ3) is 3.13. The van der Waals surface area contributed by atoms with E-state index in [0.717, 1.165) is 29.2 Å². The standard InChI is InChI=1S/C13H21BrN4/c1-3-15-11-10(14)12(18-9-17-11)16-8-13(2)6-4-5-7-13/h9H,3-8H2,1-2H3,(H2,15,16,17,18). The lowest BCUT2D eigenvalue weighted by atomic mass is 9.89. The van der Waals surface area contributed by atoms with Gasteiger partial charge in [-0.3, -0.25) is 0 Å². The monoisotopic (exact) mass is 312 g/mol. The molecule has 5 heteroatoms. The summed E-state index contributed by atoms with van der Waals surface area (Å²) >= 11 is 3.56. The molecule has 2 N–H and O–H groups in total. The Labute approximate surface area is 117 Å². The van der Waals surface area contributed by atoms with Crippen molar-refractivity contribution in [3.63, 3.8) is 0 Å². The lowest BCUT2D eigenvalue weighted by molar-refractivity contribution is 0.361. The normalized spacial score (nSPS) is 17.7. The molecule has 0 bridgehead atoms. The van der Waals surface area contributed by atoms with Gasteiger partial charge in [-0.25, -0.2) is 9.97 Å². The lowest BCUT2D eigenvalue weighted by Gasteiger charge is -2.24. The second-order valence-corrected chi connectivity index (χ2v) is 6.08. The summed E-state index contributed by atoms with van der Waals surface area (Å²) < 4.78 is 0.924. The minimum absolute atomic E-state index is 0.419. The molecule has 1 aromatic rings. The first kappa shape index (κ1) is 13.6. The van der Waals surface area contributed by atoms with Crippen LogP contribution in [0.2, 0.25) is 0 Å². The highest BCUT2D eigenvalue weighted by molar-refractivity contribution is 9.10. The number of nitrogens with zero attached hydrogens (tertiary/aromatic N) is 2. The topological polar surface area (TPSA) is 49.8 Å². The van der Waals surface area contributed by atoms with Crippen molar-refractivity contribution in [3.05, 3.63) is 10.8 Å². The average Bonchev–Trinajstić information content (AvgIpc) is 2.78. The molecule has 18 heavy (non-hydrogen) atoms. The highest BCUT2D eigenvalue weighted by Gasteiger charge is 2.28. The summed E-state index contributed by atoms with van der Waals surface area (Å²) in [6.07, 6.45) is 6.92. The van der Waals surface area contributed by atoms with Gasteiger partial charge in [-0.15, -0.1) is 0 Å². The third-order valence-electron chi connectivity index (χ3n) is 3.63. The Morgan fingerprint density at radius 3 is 2.44 bits per heavy atom. The molecule has 0 radical (unpaired) electrons. The van der Waals surface area contributed by atoms with Crippen LogP contribution in [0.1, 0.15) is 39.5 Å². The zero-order chi connectivity index (χ0) is 13.0. The minimum Gasteiger partial charge on any atom is -0.369 e. The van der Waals surface area contributed by atoms with Crippen LogP contribution in [0.15, 0.2) is 10.8 Å². The van der Waals surface area contributed by atoms with Crippen molar-refractivity contribution in [2.24, 2.45) is 5.41 Å². The summed E-state index contributed by atoms with van der Waals surface area (Å²) in [4.78, 5) is 8.52. The molecule has 1 heterocycles. The molecule has 1 aliphatic carbocycles. The molecule has 0 amide bonds. The van der Waals surface area contributed by atoms with Gasteiger partial charge in [0.05, 0.1) is 0 Å². The maximum absolute atomic E-state index is 4.30. The van der Waals surface area contributed by atoms with Crippen LogP contribution >= 0.6 is 15.9 Å². The molecule has 1 saturated carbocycles. The highest BCUT2D eigenvalue weighted by Crippen LogP contribution is 2.38. The molecule has 100 valence electrons. The summed E-state index contributed by atoms with van der Waals surface area (Å²) in [5, 5.41) is 6.67. The molecule has 1 fully saturated rings. The first-order valence-corrected chi connectivity index (χ1v) is 7.42. The first-order valence-electron chi connectivity index (χ1n) is 6.63. The predicted molar refractivity (Wildman–Crippen MR) is 79.0 cm³/mol. The minimum atomic E-state index is 0.419. The number of nitrogens with one attached hydrogen (secondary N) is 2. The fraction of sp³-hybridized carbons (Fsp3) is 0.692. The third-order valence-corrected chi connectivity index (χ3v) is 4.38. The molecule has 0 unspecified atom stereocenters. The van der Waals surface area contributed by atoms with E-state index < -0.39 is 0 Å². The van der Waals surface area contributed by atoms with Gasteiger partial charge >= 0.3 is 0 Å². The number of rotatable bonds is 5. The van der Waals surface area contributed by atoms with Crippen LogP contribution in [0.5, 0.6) is 0 Å². The van der Waals surface area contributed by atoms with E-state index in [0.29, 0.717) is 5.41 Å². The van der Waals surface area contributed by atoms with Gasteiger partial charge in [0, 0.05) is 13.1 Å². The molecule has 0 spiro atoms. The van der Waals surface area contributed by atoms with Crippen LogP contribution in [-0.4, -0.2) is 23.1 Å². The van der Waals surface area contributed by atoms with Crippen molar-refractivity contribution in [2.75, 3.05) is 23.7 Å². The summed E-state index contributed by atoms with van der Waals surface area (Å²) in [5.74, 6) is 1.74. The van der Waals surface area contributed by atoms with Crippen LogP contribution in [0, 0.1) is 5.41 Å². The summed E-state index contributed by atoms with van der Waals surface area (Å²) in [5.41, 5.74) is 0.419. The van der Waals surface area contributed by atoms with E-state index >= 15 is 0 Å². The lowest BCUT2D eigenvalue weighted by Crippen LogP contribution is -2.23. The van der Waals surface area contributed by atoms with E-state index in [-0.39, 0.29) is 0 Å². The van der Waals surface area contributed by atoms with Crippen molar-refractivity contribution in [1.29, 1.82) is 0 Å². The van der Waals surface area contributed by atoms with Crippen molar-refractivity contribution < 1.29 is 0 Å². The second-order valence-electron chi connectivity index (χ2n) is 5.29. The molecule has 0 aromatic carbocycles. The summed E-state index contributed by atoms with van der Waals surface area (Å²) in [6, 6.07) is 0. The molecular formula is C13H21BrN4. The number of hydrogen-bond donors (Lipinski definition) is 2. The number of anilines is 2. The van der Waals surface area contributed by atoms with Crippen LogP contribution in [0.3, 0.4) is 0 Å². The van der Waals surface area contributed by atoms with Gasteiger partial charge in [0.1, 0.15) is 22.4 Å². The van der Waals surface area contributed by atoms with Crippen molar-refractivity contribution in [2.45, 2.75) is 39.5 Å². The summed E-state index contributed by atoms with van der Waals surface area (Å²) in [6.45, 7) is 6.25. The van der Waals surface area contributed by atoms with Gasteiger partial charge in [0.15, 0.2) is 0 Å². The maximum Gasteiger partial charge on any atom is 0.145 e.